The van der Waals surface area contributed by atoms with E-state index < -0.39 is 22.7 Å². The predicted octanol–water partition coefficient (Wildman–Crippen LogP) is -2.90. The first-order valence-corrected chi connectivity index (χ1v) is 5.95. The Morgan fingerprint density at radius 1 is 0.950 bits per heavy atom. The van der Waals surface area contributed by atoms with E-state index in [4.69, 9.17) is 11.5 Å². The standard InChI is InChI=1S/C8H8N6O5S/c9-5-1-3-13(7(15)11-5)18-20(17)19-14-4-2-6(10)12-8(14)16/h1-4H,(H2,9,11,15)(H2,10,12,16). The molecule has 20 heavy (non-hydrogen) atoms. The first kappa shape index (κ1) is 13.5. The smallest absolute Gasteiger partial charge is 0.383 e. The molecule has 0 amide bonds. The summed E-state index contributed by atoms with van der Waals surface area (Å²) in [5.41, 5.74) is 8.73. The minimum absolute atomic E-state index is 0.0273. The fraction of sp³-hybridized carbons (Fsp3) is 0. The number of nitrogens with two attached hydrogens (primary N) is 2. The highest BCUT2D eigenvalue weighted by molar-refractivity contribution is 7.75. The summed E-state index contributed by atoms with van der Waals surface area (Å²) in [7, 11) is 0. The molecule has 11 nitrogen and oxygen atoms in total. The topological polar surface area (TPSA) is 157 Å². The lowest BCUT2D eigenvalue weighted by molar-refractivity contribution is 0.197. The van der Waals surface area contributed by atoms with Gasteiger partial charge in [-0.05, 0) is 0 Å². The summed E-state index contributed by atoms with van der Waals surface area (Å²) in [6.45, 7) is 0. The molecule has 2 rings (SSSR count). The van der Waals surface area contributed by atoms with E-state index in [1.165, 1.54) is 12.1 Å². The first-order valence-electron chi connectivity index (χ1n) is 4.95. The van der Waals surface area contributed by atoms with Gasteiger partial charge in [0, 0.05) is 12.1 Å². The first-order chi connectivity index (χ1) is 9.45. The van der Waals surface area contributed by atoms with E-state index in [0.717, 1.165) is 12.4 Å². The Balaban J connectivity index is 2.13. The summed E-state index contributed by atoms with van der Waals surface area (Å²) >= 11 is -2.49. The average molecular weight is 300 g/mol. The van der Waals surface area contributed by atoms with Crippen molar-refractivity contribution in [3.05, 3.63) is 45.5 Å². The highest BCUT2D eigenvalue weighted by atomic mass is 32.2. The van der Waals surface area contributed by atoms with Crippen molar-refractivity contribution in [2.75, 3.05) is 11.5 Å². The molecule has 0 atom stereocenters. The van der Waals surface area contributed by atoms with Crippen LogP contribution in [0.15, 0.2) is 34.1 Å². The zero-order chi connectivity index (χ0) is 14.7. The molecule has 0 aliphatic carbocycles. The number of nitrogens with zero attached hydrogens (tertiary/aromatic N) is 4. The number of nitrogen functional groups attached to an aromatic ring is 2. The third-order valence-electron chi connectivity index (χ3n) is 1.87. The molecule has 0 fully saturated rings. The number of rotatable bonds is 4. The molecule has 0 spiro atoms. The molecule has 0 radical (unpaired) electrons. The number of hydrogen-bond acceptors (Lipinski definition) is 9. The van der Waals surface area contributed by atoms with Crippen LogP contribution < -0.4 is 31.4 Å². The second-order valence-electron chi connectivity index (χ2n) is 3.27. The minimum Gasteiger partial charge on any atom is -0.383 e. The van der Waals surface area contributed by atoms with Gasteiger partial charge in [0.25, 0.3) is 0 Å². The van der Waals surface area contributed by atoms with Gasteiger partial charge in [-0.25, -0.2) is 9.59 Å². The molecule has 0 aliphatic rings. The maximum absolute atomic E-state index is 11.5. The van der Waals surface area contributed by atoms with Crippen LogP contribution in [0.4, 0.5) is 11.6 Å². The van der Waals surface area contributed by atoms with Crippen LogP contribution in [0.25, 0.3) is 0 Å². The molecule has 2 aromatic rings. The van der Waals surface area contributed by atoms with E-state index in [0.29, 0.717) is 9.46 Å². The summed E-state index contributed by atoms with van der Waals surface area (Å²) in [5, 5.41) is 0. The van der Waals surface area contributed by atoms with Gasteiger partial charge in [-0.15, -0.1) is 9.46 Å². The van der Waals surface area contributed by atoms with Gasteiger partial charge < -0.3 is 11.5 Å². The van der Waals surface area contributed by atoms with Gasteiger partial charge >= 0.3 is 22.7 Å². The molecule has 0 saturated carbocycles. The Hall–Kier alpha value is -2.89. The minimum atomic E-state index is -2.49. The summed E-state index contributed by atoms with van der Waals surface area (Å²) in [6.07, 6.45) is 2.19. The molecule has 2 aromatic heterocycles. The van der Waals surface area contributed by atoms with Crippen LogP contribution in [0.2, 0.25) is 0 Å². The quantitative estimate of drug-likeness (QED) is 0.604. The van der Waals surface area contributed by atoms with Crippen molar-refractivity contribution in [2.45, 2.75) is 0 Å². The van der Waals surface area contributed by atoms with Crippen LogP contribution >= 0.6 is 0 Å². The largest absolute Gasteiger partial charge is 0.458 e. The molecule has 106 valence electrons. The summed E-state index contributed by atoms with van der Waals surface area (Å²) in [4.78, 5) is 29.3. The lowest BCUT2D eigenvalue weighted by Gasteiger charge is -2.06. The molecule has 0 unspecified atom stereocenters. The number of hydrogen-bond donors (Lipinski definition) is 2. The Labute approximate surface area is 113 Å². The van der Waals surface area contributed by atoms with Crippen molar-refractivity contribution in [3.63, 3.8) is 0 Å². The van der Waals surface area contributed by atoms with Gasteiger partial charge in [0.05, 0.1) is 12.4 Å². The number of anilines is 2. The lowest BCUT2D eigenvalue weighted by Crippen LogP contribution is -2.36. The zero-order valence-corrected chi connectivity index (χ0v) is 10.5. The van der Waals surface area contributed by atoms with Gasteiger partial charge in [0.2, 0.25) is 0 Å². The molecular weight excluding hydrogens is 292 g/mol. The van der Waals surface area contributed by atoms with Gasteiger partial charge in [0.1, 0.15) is 11.6 Å². The molecule has 12 heteroatoms. The fourth-order valence-electron chi connectivity index (χ4n) is 1.07. The second kappa shape index (κ2) is 5.40. The van der Waals surface area contributed by atoms with Crippen molar-refractivity contribution < 1.29 is 12.8 Å². The van der Waals surface area contributed by atoms with E-state index in [9.17, 15) is 13.8 Å². The van der Waals surface area contributed by atoms with Gasteiger partial charge in [-0.3, -0.25) is 8.57 Å². The predicted molar refractivity (Wildman–Crippen MR) is 67.1 cm³/mol. The molecule has 2 heterocycles. The van der Waals surface area contributed by atoms with Crippen molar-refractivity contribution in [1.82, 2.24) is 19.4 Å². The third-order valence-corrected chi connectivity index (χ3v) is 2.43. The molecule has 0 saturated heterocycles. The molecule has 4 N–H and O–H groups in total. The summed E-state index contributed by atoms with van der Waals surface area (Å²) in [5.74, 6) is -0.0546. The second-order valence-corrected chi connectivity index (χ2v) is 3.98. The highest BCUT2D eigenvalue weighted by Gasteiger charge is 2.09. The van der Waals surface area contributed by atoms with Crippen molar-refractivity contribution in [3.8, 4) is 0 Å². The van der Waals surface area contributed by atoms with Crippen molar-refractivity contribution in [1.29, 1.82) is 0 Å². The molecular formula is C8H8N6O5S. The average Bonchev–Trinajstić information content (AvgIpc) is 2.36. The monoisotopic (exact) mass is 300 g/mol. The third kappa shape index (κ3) is 3.11. The van der Waals surface area contributed by atoms with E-state index in [1.54, 1.807) is 0 Å². The zero-order valence-electron chi connectivity index (χ0n) is 9.70. The van der Waals surface area contributed by atoms with Crippen LogP contribution in [-0.2, 0) is 11.4 Å². The van der Waals surface area contributed by atoms with Crippen molar-refractivity contribution in [2.24, 2.45) is 0 Å². The van der Waals surface area contributed by atoms with E-state index in [2.05, 4.69) is 18.5 Å². The summed E-state index contributed by atoms with van der Waals surface area (Å²) in [6, 6.07) is 2.49. The summed E-state index contributed by atoms with van der Waals surface area (Å²) < 4.78 is 21.8. The van der Waals surface area contributed by atoms with Crippen LogP contribution in [0.1, 0.15) is 0 Å². The maximum Gasteiger partial charge on any atom is 0.458 e. The Morgan fingerprint density at radius 2 is 1.35 bits per heavy atom. The van der Waals surface area contributed by atoms with E-state index >= 15 is 0 Å². The van der Waals surface area contributed by atoms with Crippen LogP contribution in [0, 0.1) is 0 Å². The van der Waals surface area contributed by atoms with Crippen LogP contribution in [0.3, 0.4) is 0 Å². The Bertz CT molecular complexity index is 707. The van der Waals surface area contributed by atoms with Gasteiger partial charge in [0.15, 0.2) is 0 Å². The number of aromatic nitrogens is 4. The molecule has 0 bridgehead atoms. The van der Waals surface area contributed by atoms with Gasteiger partial charge in [-0.2, -0.15) is 14.2 Å². The highest BCUT2D eigenvalue weighted by Crippen LogP contribution is 1.90. The molecule has 0 aliphatic heterocycles. The SMILES string of the molecule is Nc1ccn(OS(=O)On2ccc(N)nc2=O)c(=O)n1. The van der Waals surface area contributed by atoms with E-state index in [-0.39, 0.29) is 11.6 Å². The maximum atomic E-state index is 11.5. The van der Waals surface area contributed by atoms with Crippen LogP contribution in [-0.4, -0.2) is 23.6 Å². The lowest BCUT2D eigenvalue weighted by atomic mass is 10.6. The Kier molecular flexibility index (Phi) is 3.65. The van der Waals surface area contributed by atoms with Crippen molar-refractivity contribution >= 4 is 23.0 Å². The fourth-order valence-corrected chi connectivity index (χ4v) is 1.58. The van der Waals surface area contributed by atoms with E-state index in [1.807, 2.05) is 0 Å². The normalized spacial score (nSPS) is 10.4. The van der Waals surface area contributed by atoms with Crippen LogP contribution in [0.5, 0.6) is 0 Å². The van der Waals surface area contributed by atoms with Gasteiger partial charge in [-0.1, -0.05) is 0 Å². The molecule has 0 aromatic carbocycles. The Morgan fingerprint density at radius 3 is 1.70 bits per heavy atom.